The Morgan fingerprint density at radius 1 is 0.968 bits per heavy atom. The van der Waals surface area contributed by atoms with E-state index < -0.39 is 6.10 Å². The largest absolute Gasteiger partial charge is 0.497 e. The number of aliphatic hydroxyl groups is 1. The molecule has 0 saturated heterocycles. The van der Waals surface area contributed by atoms with Crippen LogP contribution in [0.2, 0.25) is 0 Å². The Labute approximate surface area is 184 Å². The second-order valence-corrected chi connectivity index (χ2v) is 7.71. The Morgan fingerprint density at radius 2 is 1.61 bits per heavy atom. The number of rotatable bonds is 8. The third-order valence-electron chi connectivity index (χ3n) is 4.78. The van der Waals surface area contributed by atoms with Gasteiger partial charge in [-0.2, -0.15) is 0 Å². The molecule has 0 saturated carbocycles. The number of carbonyl (C=O) groups excluding carboxylic acids is 1. The van der Waals surface area contributed by atoms with Gasteiger partial charge in [-0.25, -0.2) is 0 Å². The first kappa shape index (κ1) is 20.8. The summed E-state index contributed by atoms with van der Waals surface area (Å²) in [5, 5.41) is 20.0. The lowest BCUT2D eigenvalue weighted by Gasteiger charge is -2.14. The van der Waals surface area contributed by atoms with Gasteiger partial charge in [-0.3, -0.25) is 9.36 Å². The fourth-order valence-electron chi connectivity index (χ4n) is 3.15. The number of hydrogen-bond donors (Lipinski definition) is 1. The zero-order chi connectivity index (χ0) is 21.6. The number of ether oxygens (including phenoxy) is 1. The molecule has 0 radical (unpaired) electrons. The molecule has 6 nitrogen and oxygen atoms in total. The Morgan fingerprint density at radius 3 is 2.26 bits per heavy atom. The van der Waals surface area contributed by atoms with Gasteiger partial charge in [0, 0.05) is 11.3 Å². The molecule has 3 aromatic carbocycles. The van der Waals surface area contributed by atoms with E-state index in [4.69, 9.17) is 4.74 Å². The summed E-state index contributed by atoms with van der Waals surface area (Å²) in [5.41, 5.74) is 2.14. The van der Waals surface area contributed by atoms with Crippen LogP contribution >= 0.6 is 11.8 Å². The molecule has 0 aliphatic carbocycles. The standard InChI is InChI=1S/C24H21N3O3S/c1-30-20-14-12-17(13-15-20)21(28)16-31-24-26-25-23(22(29)18-8-4-2-5-9-18)27(24)19-10-6-3-7-11-19/h2-15,22,29H,16H2,1H3/t22-/m1/s1. The van der Waals surface area contributed by atoms with Crippen LogP contribution in [0.1, 0.15) is 27.8 Å². The van der Waals surface area contributed by atoms with Gasteiger partial charge < -0.3 is 9.84 Å². The number of thioether (sulfide) groups is 1. The van der Waals surface area contributed by atoms with Crippen LogP contribution in [0.3, 0.4) is 0 Å². The normalized spacial score (nSPS) is 11.8. The van der Waals surface area contributed by atoms with Gasteiger partial charge in [0.15, 0.2) is 16.8 Å². The number of aromatic nitrogens is 3. The molecule has 0 amide bonds. The maximum Gasteiger partial charge on any atom is 0.196 e. The molecule has 1 N–H and O–H groups in total. The van der Waals surface area contributed by atoms with Crippen molar-refractivity contribution in [2.24, 2.45) is 0 Å². The molecule has 1 atom stereocenters. The molecule has 7 heteroatoms. The van der Waals surface area contributed by atoms with Gasteiger partial charge in [0.2, 0.25) is 0 Å². The van der Waals surface area contributed by atoms with Crippen LogP contribution in [0.5, 0.6) is 5.75 Å². The zero-order valence-electron chi connectivity index (χ0n) is 16.9. The molecule has 1 aromatic heterocycles. The Bertz CT molecular complexity index is 1150. The van der Waals surface area contributed by atoms with Crippen LogP contribution in [0.15, 0.2) is 90.1 Å². The van der Waals surface area contributed by atoms with Crippen molar-refractivity contribution >= 4 is 17.5 Å². The van der Waals surface area contributed by atoms with Crippen molar-refractivity contribution in [3.63, 3.8) is 0 Å². The van der Waals surface area contributed by atoms with Gasteiger partial charge in [0.25, 0.3) is 0 Å². The molecule has 0 spiro atoms. The van der Waals surface area contributed by atoms with Crippen molar-refractivity contribution in [2.45, 2.75) is 11.3 Å². The first-order valence-corrected chi connectivity index (χ1v) is 10.7. The summed E-state index contributed by atoms with van der Waals surface area (Å²) in [6, 6.07) is 25.9. The van der Waals surface area contributed by atoms with Crippen molar-refractivity contribution in [1.29, 1.82) is 0 Å². The summed E-state index contributed by atoms with van der Waals surface area (Å²) in [5.74, 6) is 1.27. The van der Waals surface area contributed by atoms with E-state index in [0.717, 1.165) is 11.3 Å². The van der Waals surface area contributed by atoms with Crippen LogP contribution in [0, 0.1) is 0 Å². The molecule has 0 unspecified atom stereocenters. The molecule has 0 bridgehead atoms. The van der Waals surface area contributed by atoms with Crippen LogP contribution in [-0.2, 0) is 0 Å². The molecule has 156 valence electrons. The number of hydrogen-bond acceptors (Lipinski definition) is 6. The first-order valence-electron chi connectivity index (χ1n) is 9.71. The number of aliphatic hydroxyl groups excluding tert-OH is 1. The molecule has 31 heavy (non-hydrogen) atoms. The van der Waals surface area contributed by atoms with Crippen molar-refractivity contribution in [2.75, 3.05) is 12.9 Å². The summed E-state index contributed by atoms with van der Waals surface area (Å²) in [7, 11) is 1.59. The number of Topliss-reactive ketones (excluding diaryl/α,β-unsaturated/α-hetero) is 1. The highest BCUT2D eigenvalue weighted by atomic mass is 32.2. The minimum atomic E-state index is -0.944. The predicted octanol–water partition coefficient (Wildman–Crippen LogP) is 4.33. The molecular formula is C24H21N3O3S. The number of methoxy groups -OCH3 is 1. The molecule has 1 heterocycles. The molecule has 0 fully saturated rings. The zero-order valence-corrected chi connectivity index (χ0v) is 17.7. The van der Waals surface area contributed by atoms with Gasteiger partial charge in [-0.1, -0.05) is 60.3 Å². The van der Waals surface area contributed by atoms with E-state index in [-0.39, 0.29) is 11.5 Å². The van der Waals surface area contributed by atoms with E-state index in [0.29, 0.717) is 22.3 Å². The van der Waals surface area contributed by atoms with Gasteiger partial charge in [-0.05, 0) is 42.0 Å². The number of ketones is 1. The number of para-hydroxylation sites is 1. The van der Waals surface area contributed by atoms with E-state index in [1.54, 1.807) is 35.9 Å². The number of benzene rings is 3. The first-order chi connectivity index (χ1) is 15.2. The lowest BCUT2D eigenvalue weighted by molar-refractivity contribution is 0.102. The fraction of sp³-hybridized carbons (Fsp3) is 0.125. The summed E-state index contributed by atoms with van der Waals surface area (Å²) >= 11 is 1.29. The molecular weight excluding hydrogens is 410 g/mol. The Hall–Kier alpha value is -3.42. The van der Waals surface area contributed by atoms with Crippen molar-refractivity contribution in [3.8, 4) is 11.4 Å². The highest BCUT2D eigenvalue weighted by molar-refractivity contribution is 7.99. The van der Waals surface area contributed by atoms with Crippen molar-refractivity contribution in [1.82, 2.24) is 14.8 Å². The molecule has 4 aromatic rings. The molecule has 0 aliphatic rings. The third kappa shape index (κ3) is 4.68. The van der Waals surface area contributed by atoms with Crippen LogP contribution in [0.4, 0.5) is 0 Å². The Kier molecular flexibility index (Phi) is 6.45. The predicted molar refractivity (Wildman–Crippen MR) is 120 cm³/mol. The van der Waals surface area contributed by atoms with Crippen LogP contribution in [-0.4, -0.2) is 38.5 Å². The second-order valence-electron chi connectivity index (χ2n) is 6.77. The van der Waals surface area contributed by atoms with E-state index in [2.05, 4.69) is 10.2 Å². The Balaban J connectivity index is 1.61. The lowest BCUT2D eigenvalue weighted by atomic mass is 10.1. The highest BCUT2D eigenvalue weighted by Crippen LogP contribution is 2.28. The fourth-order valence-corrected chi connectivity index (χ4v) is 4.00. The van der Waals surface area contributed by atoms with E-state index in [1.165, 1.54) is 11.8 Å². The minimum absolute atomic E-state index is 0.0274. The highest BCUT2D eigenvalue weighted by Gasteiger charge is 2.23. The van der Waals surface area contributed by atoms with E-state index >= 15 is 0 Å². The van der Waals surface area contributed by atoms with Crippen LogP contribution in [0.25, 0.3) is 5.69 Å². The van der Waals surface area contributed by atoms with E-state index in [9.17, 15) is 9.90 Å². The van der Waals surface area contributed by atoms with Gasteiger partial charge >= 0.3 is 0 Å². The topological polar surface area (TPSA) is 77.2 Å². The van der Waals surface area contributed by atoms with Crippen LogP contribution < -0.4 is 4.74 Å². The average molecular weight is 432 g/mol. The maximum atomic E-state index is 12.7. The maximum absolute atomic E-state index is 12.7. The summed E-state index contributed by atoms with van der Waals surface area (Å²) < 4.78 is 6.94. The van der Waals surface area contributed by atoms with E-state index in [1.807, 2.05) is 60.7 Å². The quantitative estimate of drug-likeness (QED) is 0.330. The van der Waals surface area contributed by atoms with Gasteiger partial charge in [0.1, 0.15) is 11.9 Å². The summed E-state index contributed by atoms with van der Waals surface area (Å²) in [6.07, 6.45) is -0.944. The summed E-state index contributed by atoms with van der Waals surface area (Å²) in [4.78, 5) is 12.7. The third-order valence-corrected chi connectivity index (χ3v) is 5.71. The monoisotopic (exact) mass is 431 g/mol. The second kappa shape index (κ2) is 9.59. The smallest absolute Gasteiger partial charge is 0.196 e. The molecule has 0 aliphatic heterocycles. The summed E-state index contributed by atoms with van der Waals surface area (Å²) in [6.45, 7) is 0. The van der Waals surface area contributed by atoms with Gasteiger partial charge in [0.05, 0.1) is 12.9 Å². The molecule has 4 rings (SSSR count). The minimum Gasteiger partial charge on any atom is -0.497 e. The van der Waals surface area contributed by atoms with Crippen molar-refractivity contribution < 1.29 is 14.6 Å². The number of nitrogens with zero attached hydrogens (tertiary/aromatic N) is 3. The SMILES string of the molecule is COc1ccc(C(=O)CSc2nnc([C@H](O)c3ccccc3)n2-c2ccccc2)cc1. The average Bonchev–Trinajstić information content (AvgIpc) is 3.27. The lowest BCUT2D eigenvalue weighted by Crippen LogP contribution is -2.10. The van der Waals surface area contributed by atoms with Gasteiger partial charge in [-0.15, -0.1) is 10.2 Å². The number of carbonyl (C=O) groups is 1. The van der Waals surface area contributed by atoms with Crippen molar-refractivity contribution in [3.05, 3.63) is 102 Å².